The lowest BCUT2D eigenvalue weighted by Gasteiger charge is -2.10. The molecule has 7 heteroatoms. The molecule has 3 rings (SSSR count). The van der Waals surface area contributed by atoms with Gasteiger partial charge in [-0.3, -0.25) is 14.2 Å². The summed E-state index contributed by atoms with van der Waals surface area (Å²) in [5.41, 5.74) is -1.85. The smallest absolute Gasteiger partial charge is 0.255 e. The average Bonchev–Trinajstić information content (AvgIpc) is 2.58. The fourth-order valence-corrected chi connectivity index (χ4v) is 2.30. The highest BCUT2D eigenvalue weighted by Gasteiger charge is 2.17. The molecule has 1 aromatic heterocycles. The van der Waals surface area contributed by atoms with Crippen molar-refractivity contribution in [3.63, 3.8) is 0 Å². The van der Waals surface area contributed by atoms with Crippen LogP contribution in [0.25, 0.3) is 5.69 Å². The van der Waals surface area contributed by atoms with Crippen LogP contribution >= 0.6 is 0 Å². The second kappa shape index (κ2) is 6.95. The maximum absolute atomic E-state index is 13.9. The molecule has 0 aliphatic heterocycles. The Morgan fingerprint density at radius 1 is 0.885 bits per heavy atom. The van der Waals surface area contributed by atoms with Crippen molar-refractivity contribution < 1.29 is 22.4 Å². The second-order valence-corrected chi connectivity index (χ2v) is 5.27. The fraction of sp³-hybridized carbons (Fsp3) is 0. The number of pyridine rings is 1. The number of ketones is 1. The van der Waals surface area contributed by atoms with Crippen molar-refractivity contribution in [2.75, 3.05) is 0 Å². The molecule has 0 unspecified atom stereocenters. The van der Waals surface area contributed by atoms with Gasteiger partial charge in [-0.05, 0) is 24.3 Å². The fourth-order valence-electron chi connectivity index (χ4n) is 2.30. The molecule has 0 saturated heterocycles. The third-order valence-corrected chi connectivity index (χ3v) is 3.53. The standard InChI is InChI=1S/C19H9F4NO2/c20-13-6-4-11(16(23)9-13)8-17(25)12-5-7-18(26)24(10-12)19-14(21)2-1-3-15(19)22/h1-7,9-10H. The Morgan fingerprint density at radius 2 is 1.58 bits per heavy atom. The summed E-state index contributed by atoms with van der Waals surface area (Å²) in [4.78, 5) is 24.2. The lowest BCUT2D eigenvalue weighted by molar-refractivity contribution is 0.103. The summed E-state index contributed by atoms with van der Waals surface area (Å²) < 4.78 is 55.0. The van der Waals surface area contributed by atoms with Gasteiger partial charge >= 0.3 is 0 Å². The van der Waals surface area contributed by atoms with Crippen LogP contribution in [0.4, 0.5) is 17.6 Å². The average molecular weight is 359 g/mol. The minimum Gasteiger partial charge on any atom is -0.293 e. The highest BCUT2D eigenvalue weighted by atomic mass is 19.1. The van der Waals surface area contributed by atoms with Gasteiger partial charge in [0.15, 0.2) is 5.78 Å². The van der Waals surface area contributed by atoms with Crippen LogP contribution in [0.2, 0.25) is 0 Å². The van der Waals surface area contributed by atoms with E-state index in [2.05, 4.69) is 6.42 Å². The Kier molecular flexibility index (Phi) is 4.71. The van der Waals surface area contributed by atoms with E-state index in [1.165, 1.54) is 0 Å². The Balaban J connectivity index is 1.99. The van der Waals surface area contributed by atoms with Gasteiger partial charge in [-0.1, -0.05) is 12.1 Å². The number of para-hydroxylation sites is 1. The van der Waals surface area contributed by atoms with Gasteiger partial charge in [-0.15, -0.1) is 0 Å². The van der Waals surface area contributed by atoms with Gasteiger partial charge < -0.3 is 0 Å². The number of carbonyl (C=O) groups is 1. The molecule has 2 radical (unpaired) electrons. The lowest BCUT2D eigenvalue weighted by atomic mass is 10.0. The molecule has 0 saturated carbocycles. The van der Waals surface area contributed by atoms with E-state index in [0.29, 0.717) is 10.6 Å². The molecule has 1 heterocycles. The highest BCUT2D eigenvalue weighted by Crippen LogP contribution is 2.18. The number of carbonyl (C=O) groups excluding carboxylic acids is 1. The minimum atomic E-state index is -0.994. The van der Waals surface area contributed by atoms with Crippen LogP contribution in [0.1, 0.15) is 15.9 Å². The van der Waals surface area contributed by atoms with E-state index in [9.17, 15) is 27.2 Å². The molecule has 0 fully saturated rings. The van der Waals surface area contributed by atoms with E-state index in [1.807, 2.05) is 0 Å². The third kappa shape index (κ3) is 3.42. The molecule has 2 aromatic carbocycles. The Labute approximate surface area is 145 Å². The normalized spacial score (nSPS) is 10.8. The summed E-state index contributed by atoms with van der Waals surface area (Å²) in [6.45, 7) is 0. The molecular formula is C19H9F4NO2. The van der Waals surface area contributed by atoms with E-state index in [1.54, 1.807) is 0 Å². The minimum absolute atomic E-state index is 0.157. The number of aromatic nitrogens is 1. The molecule has 0 N–H and O–H groups in total. The van der Waals surface area contributed by atoms with Crippen molar-refractivity contribution in [3.05, 3.63) is 106 Å². The molecule has 0 aliphatic carbocycles. The van der Waals surface area contributed by atoms with Crippen molar-refractivity contribution in [2.45, 2.75) is 0 Å². The van der Waals surface area contributed by atoms with Gasteiger partial charge in [0.2, 0.25) is 0 Å². The van der Waals surface area contributed by atoms with Crippen LogP contribution in [0.3, 0.4) is 0 Å². The number of Topliss-reactive ketones (excluding diaryl/α,β-unsaturated/α-hetero) is 1. The van der Waals surface area contributed by atoms with E-state index in [0.717, 1.165) is 48.7 Å². The Morgan fingerprint density at radius 3 is 2.23 bits per heavy atom. The number of hydrogen-bond donors (Lipinski definition) is 0. The number of hydrogen-bond acceptors (Lipinski definition) is 2. The van der Waals surface area contributed by atoms with Crippen LogP contribution in [0, 0.1) is 29.7 Å². The largest absolute Gasteiger partial charge is 0.293 e. The first kappa shape index (κ1) is 17.6. The SMILES string of the molecule is O=C([C]c1ccc(F)cc1F)c1ccc(=O)n(-c2c(F)cccc2F)c1. The first-order valence-corrected chi connectivity index (χ1v) is 7.30. The maximum atomic E-state index is 13.9. The van der Waals surface area contributed by atoms with E-state index in [-0.39, 0.29) is 11.1 Å². The highest BCUT2D eigenvalue weighted by molar-refractivity contribution is 6.04. The van der Waals surface area contributed by atoms with Crippen LogP contribution in [0.15, 0.2) is 59.5 Å². The number of rotatable bonds is 4. The summed E-state index contributed by atoms with van der Waals surface area (Å²) in [7, 11) is 0. The van der Waals surface area contributed by atoms with E-state index < -0.39 is 40.3 Å². The van der Waals surface area contributed by atoms with Crippen molar-refractivity contribution in [3.8, 4) is 5.69 Å². The lowest BCUT2D eigenvalue weighted by Crippen LogP contribution is -2.21. The molecule has 0 amide bonds. The zero-order valence-electron chi connectivity index (χ0n) is 13.0. The van der Waals surface area contributed by atoms with Gasteiger partial charge in [0, 0.05) is 29.5 Å². The van der Waals surface area contributed by atoms with Gasteiger partial charge in [0.05, 0.1) is 6.42 Å². The summed E-state index contributed by atoms with van der Waals surface area (Å²) in [6, 6.07) is 7.69. The summed E-state index contributed by atoms with van der Waals surface area (Å²) in [5.74, 6) is -4.64. The monoisotopic (exact) mass is 359 g/mol. The van der Waals surface area contributed by atoms with Gasteiger partial charge in [-0.25, -0.2) is 17.6 Å². The van der Waals surface area contributed by atoms with Crippen molar-refractivity contribution >= 4 is 5.78 Å². The predicted octanol–water partition coefficient (Wildman–Crippen LogP) is 3.71. The first-order valence-electron chi connectivity index (χ1n) is 7.30. The summed E-state index contributed by atoms with van der Waals surface area (Å²) >= 11 is 0. The molecule has 3 nitrogen and oxygen atoms in total. The molecule has 0 atom stereocenters. The molecule has 3 aromatic rings. The molecule has 26 heavy (non-hydrogen) atoms. The van der Waals surface area contributed by atoms with Crippen LogP contribution in [0.5, 0.6) is 0 Å². The van der Waals surface area contributed by atoms with Crippen molar-refractivity contribution in [1.82, 2.24) is 4.57 Å². The van der Waals surface area contributed by atoms with Crippen LogP contribution < -0.4 is 5.56 Å². The van der Waals surface area contributed by atoms with Gasteiger partial charge in [0.25, 0.3) is 5.56 Å². The Hall–Kier alpha value is -3.22. The molecule has 0 aliphatic rings. The number of benzene rings is 2. The van der Waals surface area contributed by atoms with E-state index in [4.69, 9.17) is 0 Å². The van der Waals surface area contributed by atoms with Crippen LogP contribution in [-0.4, -0.2) is 10.4 Å². The van der Waals surface area contributed by atoms with Gasteiger partial charge in [0.1, 0.15) is 29.0 Å². The maximum Gasteiger partial charge on any atom is 0.255 e. The molecule has 0 bridgehead atoms. The van der Waals surface area contributed by atoms with E-state index >= 15 is 0 Å². The number of nitrogens with zero attached hydrogens (tertiary/aromatic N) is 1. The van der Waals surface area contributed by atoms with Crippen molar-refractivity contribution in [2.24, 2.45) is 0 Å². The zero-order chi connectivity index (χ0) is 18.8. The van der Waals surface area contributed by atoms with Crippen LogP contribution in [-0.2, 0) is 0 Å². The Bertz CT molecular complexity index is 1040. The molecular weight excluding hydrogens is 350 g/mol. The summed E-state index contributed by atoms with van der Waals surface area (Å²) in [6.07, 6.45) is 3.13. The van der Waals surface area contributed by atoms with Gasteiger partial charge in [-0.2, -0.15) is 0 Å². The zero-order valence-corrected chi connectivity index (χ0v) is 13.0. The quantitative estimate of drug-likeness (QED) is 0.526. The predicted molar refractivity (Wildman–Crippen MR) is 85.0 cm³/mol. The topological polar surface area (TPSA) is 39.1 Å². The van der Waals surface area contributed by atoms with Crippen molar-refractivity contribution in [1.29, 1.82) is 0 Å². The first-order chi connectivity index (χ1) is 12.4. The molecule has 130 valence electrons. The second-order valence-electron chi connectivity index (χ2n) is 5.27. The number of halogens is 4. The third-order valence-electron chi connectivity index (χ3n) is 3.53. The summed E-state index contributed by atoms with van der Waals surface area (Å²) in [5, 5.41) is 0. The molecule has 0 spiro atoms.